The number of rotatable bonds is 6. The lowest BCUT2D eigenvalue weighted by atomic mass is 10.1. The van der Waals surface area contributed by atoms with Crippen molar-refractivity contribution in [3.05, 3.63) is 77.8 Å². The van der Waals surface area contributed by atoms with Crippen molar-refractivity contribution in [3.63, 3.8) is 0 Å². The van der Waals surface area contributed by atoms with Crippen LogP contribution in [0.25, 0.3) is 0 Å². The van der Waals surface area contributed by atoms with Gasteiger partial charge >= 0.3 is 0 Å². The number of methoxy groups -OCH3 is 1. The minimum atomic E-state index is -0.260. The van der Waals surface area contributed by atoms with E-state index in [1.54, 1.807) is 49.7 Å². The van der Waals surface area contributed by atoms with Crippen molar-refractivity contribution < 1.29 is 13.9 Å². The Bertz CT molecular complexity index is 618. The first kappa shape index (κ1) is 14.8. The van der Waals surface area contributed by atoms with E-state index in [-0.39, 0.29) is 11.6 Å². The normalized spacial score (nSPS) is 10.6. The number of halogens is 1. The van der Waals surface area contributed by atoms with Crippen molar-refractivity contribution in [2.24, 2.45) is 0 Å². The average molecular weight is 285 g/mol. The Hall–Kier alpha value is -2.62. The lowest BCUT2D eigenvalue weighted by Crippen LogP contribution is -2.06. The molecule has 0 bridgehead atoms. The summed E-state index contributed by atoms with van der Waals surface area (Å²) in [7, 11) is 1.58. The fourth-order valence-corrected chi connectivity index (χ4v) is 1.77. The van der Waals surface area contributed by atoms with Gasteiger partial charge in [-0.05, 0) is 42.0 Å². The highest BCUT2D eigenvalue weighted by Gasteiger charge is 2.01. The van der Waals surface area contributed by atoms with E-state index in [9.17, 15) is 9.18 Å². The Labute approximate surface area is 123 Å². The van der Waals surface area contributed by atoms with E-state index in [2.05, 4.69) is 5.32 Å². The van der Waals surface area contributed by atoms with Gasteiger partial charge in [-0.15, -0.1) is 0 Å². The third-order valence-electron chi connectivity index (χ3n) is 2.95. The molecule has 2 aromatic carbocycles. The van der Waals surface area contributed by atoms with Crippen molar-refractivity contribution in [3.8, 4) is 5.75 Å². The first-order valence-corrected chi connectivity index (χ1v) is 6.52. The van der Waals surface area contributed by atoms with Gasteiger partial charge in [0.15, 0.2) is 5.78 Å². The molecule has 0 heterocycles. The number of benzene rings is 2. The molecule has 0 spiro atoms. The lowest BCUT2D eigenvalue weighted by Gasteiger charge is -2.02. The topological polar surface area (TPSA) is 38.3 Å². The van der Waals surface area contributed by atoms with Gasteiger partial charge in [0, 0.05) is 24.4 Å². The van der Waals surface area contributed by atoms with Crippen LogP contribution in [0.4, 0.5) is 4.39 Å². The molecule has 0 amide bonds. The number of ketones is 1. The first-order chi connectivity index (χ1) is 10.2. The molecule has 108 valence electrons. The van der Waals surface area contributed by atoms with Crippen molar-refractivity contribution in [1.29, 1.82) is 0 Å². The molecule has 0 atom stereocenters. The Morgan fingerprint density at radius 1 is 1.14 bits per heavy atom. The van der Waals surface area contributed by atoms with Crippen LogP contribution >= 0.6 is 0 Å². The molecule has 2 aromatic rings. The maximum atomic E-state index is 12.7. The van der Waals surface area contributed by atoms with Crippen LogP contribution in [0.5, 0.6) is 5.75 Å². The Balaban J connectivity index is 1.85. The zero-order chi connectivity index (χ0) is 15.1. The van der Waals surface area contributed by atoms with Gasteiger partial charge in [0.05, 0.1) is 7.11 Å². The Morgan fingerprint density at radius 2 is 1.81 bits per heavy atom. The maximum absolute atomic E-state index is 12.7. The fraction of sp³-hybridized carbons (Fsp3) is 0.118. The molecule has 0 aliphatic carbocycles. The number of ether oxygens (including phenoxy) is 1. The molecule has 0 unspecified atom stereocenters. The number of nitrogens with one attached hydrogen (secondary N) is 1. The summed E-state index contributed by atoms with van der Waals surface area (Å²) >= 11 is 0. The van der Waals surface area contributed by atoms with E-state index >= 15 is 0 Å². The van der Waals surface area contributed by atoms with Crippen molar-refractivity contribution >= 4 is 5.78 Å². The van der Waals surface area contributed by atoms with E-state index in [1.807, 2.05) is 0 Å². The zero-order valence-corrected chi connectivity index (χ0v) is 11.7. The molecule has 0 aliphatic rings. The second-order valence-electron chi connectivity index (χ2n) is 4.43. The number of carbonyl (C=O) groups excluding carboxylic acids is 1. The molecular formula is C17H16FNO2. The van der Waals surface area contributed by atoms with E-state index in [0.717, 1.165) is 5.56 Å². The predicted octanol–water partition coefficient (Wildman–Crippen LogP) is 3.32. The van der Waals surface area contributed by atoms with Crippen molar-refractivity contribution in [1.82, 2.24) is 5.32 Å². The van der Waals surface area contributed by atoms with Gasteiger partial charge < -0.3 is 10.1 Å². The van der Waals surface area contributed by atoms with Crippen LogP contribution in [0, 0.1) is 5.82 Å². The quantitative estimate of drug-likeness (QED) is 0.653. The van der Waals surface area contributed by atoms with Gasteiger partial charge in [-0.25, -0.2) is 4.39 Å². The van der Waals surface area contributed by atoms with Crippen LogP contribution in [-0.4, -0.2) is 12.9 Å². The number of carbonyl (C=O) groups is 1. The Morgan fingerprint density at radius 3 is 2.43 bits per heavy atom. The molecule has 0 saturated carbocycles. The van der Waals surface area contributed by atoms with E-state index in [0.29, 0.717) is 17.9 Å². The predicted molar refractivity (Wildman–Crippen MR) is 79.7 cm³/mol. The maximum Gasteiger partial charge on any atom is 0.187 e. The highest BCUT2D eigenvalue weighted by atomic mass is 19.1. The summed E-state index contributed by atoms with van der Waals surface area (Å²) in [4.78, 5) is 11.9. The van der Waals surface area contributed by atoms with Crippen LogP contribution in [-0.2, 0) is 6.54 Å². The minimum Gasteiger partial charge on any atom is -0.497 e. The molecule has 0 saturated heterocycles. The molecule has 0 aromatic heterocycles. The highest BCUT2D eigenvalue weighted by Crippen LogP contribution is 2.11. The number of hydrogen-bond donors (Lipinski definition) is 1. The second kappa shape index (κ2) is 7.24. The van der Waals surface area contributed by atoms with Gasteiger partial charge in [0.25, 0.3) is 0 Å². The molecule has 4 heteroatoms. The van der Waals surface area contributed by atoms with E-state index in [4.69, 9.17) is 4.74 Å². The fourth-order valence-electron chi connectivity index (χ4n) is 1.77. The third kappa shape index (κ3) is 4.45. The summed E-state index contributed by atoms with van der Waals surface area (Å²) in [6.07, 6.45) is 3.06. The summed E-state index contributed by atoms with van der Waals surface area (Å²) in [6.45, 7) is 0.534. The van der Waals surface area contributed by atoms with Gasteiger partial charge in [0.1, 0.15) is 11.6 Å². The van der Waals surface area contributed by atoms with Crippen LogP contribution in [0.1, 0.15) is 15.9 Å². The molecule has 0 fully saturated rings. The van der Waals surface area contributed by atoms with Crippen molar-refractivity contribution in [2.45, 2.75) is 6.54 Å². The monoisotopic (exact) mass is 285 g/mol. The van der Waals surface area contributed by atoms with Crippen molar-refractivity contribution in [2.75, 3.05) is 7.11 Å². The second-order valence-corrected chi connectivity index (χ2v) is 4.43. The minimum absolute atomic E-state index is 0.0933. The average Bonchev–Trinajstić information content (AvgIpc) is 2.53. The molecule has 1 N–H and O–H groups in total. The van der Waals surface area contributed by atoms with Gasteiger partial charge in [-0.1, -0.05) is 12.1 Å². The lowest BCUT2D eigenvalue weighted by molar-refractivity contribution is 0.104. The summed E-state index contributed by atoms with van der Waals surface area (Å²) in [5.74, 6) is 0.359. The molecule has 3 nitrogen and oxygen atoms in total. The SMILES string of the molecule is COc1ccc(C(=O)/C=C/NCc2ccc(F)cc2)cc1. The Kier molecular flexibility index (Phi) is 5.10. The standard InChI is InChI=1S/C17H16FNO2/c1-21-16-8-4-14(5-9-16)17(20)10-11-19-12-13-2-6-15(18)7-3-13/h2-11,19H,12H2,1H3/b11-10+. The molecular weight excluding hydrogens is 269 g/mol. The van der Waals surface area contributed by atoms with Crippen LogP contribution < -0.4 is 10.1 Å². The van der Waals surface area contributed by atoms with Crippen LogP contribution in [0.15, 0.2) is 60.8 Å². The van der Waals surface area contributed by atoms with E-state index < -0.39 is 0 Å². The van der Waals surface area contributed by atoms with E-state index in [1.165, 1.54) is 18.2 Å². The molecule has 21 heavy (non-hydrogen) atoms. The largest absolute Gasteiger partial charge is 0.497 e. The zero-order valence-electron chi connectivity index (χ0n) is 11.7. The molecule has 0 radical (unpaired) electrons. The molecule has 0 aliphatic heterocycles. The smallest absolute Gasteiger partial charge is 0.187 e. The summed E-state index contributed by atoms with van der Waals surface area (Å²) in [5.41, 5.74) is 1.54. The van der Waals surface area contributed by atoms with Gasteiger partial charge in [-0.2, -0.15) is 0 Å². The summed E-state index contributed by atoms with van der Waals surface area (Å²) in [6, 6.07) is 13.1. The van der Waals surface area contributed by atoms with Gasteiger partial charge in [-0.3, -0.25) is 4.79 Å². The third-order valence-corrected chi connectivity index (χ3v) is 2.95. The highest BCUT2D eigenvalue weighted by molar-refractivity contribution is 6.04. The first-order valence-electron chi connectivity index (χ1n) is 6.52. The molecule has 2 rings (SSSR count). The van der Waals surface area contributed by atoms with Crippen LogP contribution in [0.3, 0.4) is 0 Å². The number of allylic oxidation sites excluding steroid dienone is 1. The summed E-state index contributed by atoms with van der Waals surface area (Å²) in [5, 5.41) is 3.00. The van der Waals surface area contributed by atoms with Crippen LogP contribution in [0.2, 0.25) is 0 Å². The van der Waals surface area contributed by atoms with Gasteiger partial charge in [0.2, 0.25) is 0 Å². The number of hydrogen-bond acceptors (Lipinski definition) is 3. The summed E-state index contributed by atoms with van der Waals surface area (Å²) < 4.78 is 17.8.